The molecule has 1 saturated heterocycles. The largest absolute Gasteiger partial charge is 0.507 e. The van der Waals surface area contributed by atoms with Crippen molar-refractivity contribution in [3.05, 3.63) is 106 Å². The summed E-state index contributed by atoms with van der Waals surface area (Å²) in [6, 6.07) is 17.3. The highest BCUT2D eigenvalue weighted by Gasteiger charge is 2.46. The van der Waals surface area contributed by atoms with Gasteiger partial charge < -0.3 is 14.7 Å². The lowest BCUT2D eigenvalue weighted by atomic mass is 9.93. The van der Waals surface area contributed by atoms with Crippen molar-refractivity contribution in [1.82, 2.24) is 4.90 Å². The van der Waals surface area contributed by atoms with Gasteiger partial charge in [0.1, 0.15) is 11.5 Å². The average molecular weight is 510 g/mol. The zero-order chi connectivity index (χ0) is 26.9. The minimum atomic E-state index is -4.55. The van der Waals surface area contributed by atoms with Gasteiger partial charge in [0.25, 0.3) is 11.7 Å². The highest BCUT2D eigenvalue weighted by molar-refractivity contribution is 6.46. The van der Waals surface area contributed by atoms with E-state index >= 15 is 0 Å². The van der Waals surface area contributed by atoms with E-state index in [4.69, 9.17) is 4.74 Å². The zero-order valence-electron chi connectivity index (χ0n) is 20.5. The number of alkyl halides is 3. The molecule has 1 aliphatic rings. The Morgan fingerprint density at radius 3 is 2.32 bits per heavy atom. The number of rotatable bonds is 6. The van der Waals surface area contributed by atoms with Gasteiger partial charge in [0.05, 0.1) is 24.3 Å². The molecule has 1 amide bonds. The average Bonchev–Trinajstić information content (AvgIpc) is 3.13. The summed E-state index contributed by atoms with van der Waals surface area (Å²) in [5.74, 6) is -1.49. The van der Waals surface area contributed by atoms with Crippen LogP contribution in [0.3, 0.4) is 0 Å². The van der Waals surface area contributed by atoms with Crippen LogP contribution in [-0.4, -0.2) is 28.8 Å². The van der Waals surface area contributed by atoms with Crippen LogP contribution in [0.25, 0.3) is 5.76 Å². The maximum Gasteiger partial charge on any atom is 0.416 e. The normalized spacial score (nSPS) is 17.5. The molecular formula is C29H26F3NO4. The van der Waals surface area contributed by atoms with Crippen LogP contribution in [0, 0.1) is 0 Å². The van der Waals surface area contributed by atoms with Gasteiger partial charge >= 0.3 is 6.18 Å². The second-order valence-electron chi connectivity index (χ2n) is 9.15. The molecule has 192 valence electrons. The van der Waals surface area contributed by atoms with E-state index in [1.165, 1.54) is 24.1 Å². The van der Waals surface area contributed by atoms with Crippen molar-refractivity contribution in [2.24, 2.45) is 0 Å². The smallest absolute Gasteiger partial charge is 0.416 e. The van der Waals surface area contributed by atoms with Crippen LogP contribution >= 0.6 is 0 Å². The van der Waals surface area contributed by atoms with Crippen LogP contribution in [0.4, 0.5) is 13.2 Å². The van der Waals surface area contributed by atoms with Crippen LogP contribution in [0.1, 0.15) is 53.6 Å². The molecule has 1 atom stereocenters. The first kappa shape index (κ1) is 26.0. The maximum atomic E-state index is 13.3. The third-order valence-corrected chi connectivity index (χ3v) is 6.39. The Bertz CT molecular complexity index is 1360. The third-order valence-electron chi connectivity index (χ3n) is 6.39. The molecule has 1 aliphatic heterocycles. The van der Waals surface area contributed by atoms with Gasteiger partial charge in [0.15, 0.2) is 0 Å². The molecule has 0 saturated carbocycles. The Hall–Kier alpha value is -4.07. The number of hydrogen-bond donors (Lipinski definition) is 1. The Balaban J connectivity index is 1.84. The highest BCUT2D eigenvalue weighted by atomic mass is 19.4. The van der Waals surface area contributed by atoms with Crippen molar-refractivity contribution < 1.29 is 32.6 Å². The number of carbonyl (C=O) groups is 2. The number of ether oxygens (including phenoxy) is 1. The molecule has 1 unspecified atom stereocenters. The molecule has 1 fully saturated rings. The molecule has 1 N–H and O–H groups in total. The summed E-state index contributed by atoms with van der Waals surface area (Å²) < 4.78 is 45.2. The van der Waals surface area contributed by atoms with Crippen molar-refractivity contribution in [1.29, 1.82) is 0 Å². The first-order chi connectivity index (χ1) is 17.5. The highest BCUT2D eigenvalue weighted by Crippen LogP contribution is 2.41. The van der Waals surface area contributed by atoms with Crippen molar-refractivity contribution in [2.45, 2.75) is 38.5 Å². The molecule has 0 bridgehead atoms. The number of benzene rings is 3. The fraction of sp³-hybridized carbons (Fsp3) is 0.241. The van der Waals surface area contributed by atoms with E-state index in [0.717, 1.165) is 17.7 Å². The minimum absolute atomic E-state index is 0.0518. The molecule has 37 heavy (non-hydrogen) atoms. The Labute approximate surface area is 212 Å². The zero-order valence-corrected chi connectivity index (χ0v) is 20.5. The van der Waals surface area contributed by atoms with E-state index in [0.29, 0.717) is 16.9 Å². The van der Waals surface area contributed by atoms with Gasteiger partial charge in [0.2, 0.25) is 0 Å². The van der Waals surface area contributed by atoms with Gasteiger partial charge in [-0.15, -0.1) is 0 Å². The van der Waals surface area contributed by atoms with Crippen LogP contribution in [-0.2, 0) is 22.3 Å². The van der Waals surface area contributed by atoms with Gasteiger partial charge in [-0.05, 0) is 52.9 Å². The number of aliphatic hydroxyl groups excluding tert-OH is 1. The molecular weight excluding hydrogens is 483 g/mol. The molecule has 4 rings (SSSR count). The van der Waals surface area contributed by atoms with Gasteiger partial charge in [0, 0.05) is 12.1 Å². The topological polar surface area (TPSA) is 66.8 Å². The standard InChI is InChI=1S/C29H26F3NO4/c1-17(2)22-15-20(12-13-23(22)37-3)26(34)24-25(19-9-5-4-6-10-19)33(28(36)27(24)35)16-18-8-7-11-21(14-18)29(30,31)32/h4-15,17,25,34H,16H2,1-3H3/b26-24-. The van der Waals surface area contributed by atoms with E-state index in [-0.39, 0.29) is 29.4 Å². The predicted molar refractivity (Wildman–Crippen MR) is 133 cm³/mol. The molecule has 8 heteroatoms. The summed E-state index contributed by atoms with van der Waals surface area (Å²) in [5.41, 5.74) is 0.931. The number of likely N-dealkylation sites (tertiary alicyclic amines) is 1. The number of aliphatic hydroxyl groups is 1. The van der Waals surface area contributed by atoms with Crippen LogP contribution in [0.15, 0.2) is 78.4 Å². The number of ketones is 1. The number of Topliss-reactive ketones (excluding diaryl/α,β-unsaturated/α-hetero) is 1. The Morgan fingerprint density at radius 2 is 1.70 bits per heavy atom. The summed E-state index contributed by atoms with van der Waals surface area (Å²) in [7, 11) is 1.54. The summed E-state index contributed by atoms with van der Waals surface area (Å²) in [4.78, 5) is 27.6. The van der Waals surface area contributed by atoms with Gasteiger partial charge in [-0.3, -0.25) is 9.59 Å². The van der Waals surface area contributed by atoms with Crippen LogP contribution < -0.4 is 4.74 Å². The summed E-state index contributed by atoms with van der Waals surface area (Å²) >= 11 is 0. The number of halogens is 3. The SMILES string of the molecule is COc1ccc(/C(O)=C2/C(=O)C(=O)N(Cc3cccc(C(F)(F)F)c3)C2c2ccccc2)cc1C(C)C. The first-order valence-corrected chi connectivity index (χ1v) is 11.7. The fourth-order valence-corrected chi connectivity index (χ4v) is 4.56. The maximum absolute atomic E-state index is 13.3. The lowest BCUT2D eigenvalue weighted by Crippen LogP contribution is -2.29. The van der Waals surface area contributed by atoms with Crippen molar-refractivity contribution in [2.75, 3.05) is 7.11 Å². The van der Waals surface area contributed by atoms with Crippen LogP contribution in [0.5, 0.6) is 5.75 Å². The van der Waals surface area contributed by atoms with E-state index in [9.17, 15) is 27.9 Å². The van der Waals surface area contributed by atoms with E-state index in [1.807, 2.05) is 13.8 Å². The van der Waals surface area contributed by atoms with E-state index in [1.54, 1.807) is 48.5 Å². The number of methoxy groups -OCH3 is 1. The van der Waals surface area contributed by atoms with Gasteiger partial charge in [-0.2, -0.15) is 13.2 Å². The minimum Gasteiger partial charge on any atom is -0.507 e. The van der Waals surface area contributed by atoms with E-state index < -0.39 is 29.5 Å². The fourth-order valence-electron chi connectivity index (χ4n) is 4.56. The lowest BCUT2D eigenvalue weighted by Gasteiger charge is -2.26. The molecule has 0 aromatic heterocycles. The number of amides is 1. The van der Waals surface area contributed by atoms with E-state index in [2.05, 4.69) is 0 Å². The van der Waals surface area contributed by atoms with Gasteiger partial charge in [-0.1, -0.05) is 56.3 Å². The summed E-state index contributed by atoms with van der Waals surface area (Å²) in [6.45, 7) is 3.67. The first-order valence-electron chi connectivity index (χ1n) is 11.7. The van der Waals surface area contributed by atoms with Gasteiger partial charge in [-0.25, -0.2) is 0 Å². The molecule has 1 heterocycles. The molecule has 0 spiro atoms. The second-order valence-corrected chi connectivity index (χ2v) is 9.15. The molecule has 3 aromatic carbocycles. The van der Waals surface area contributed by atoms with Crippen molar-refractivity contribution in [3.63, 3.8) is 0 Å². The summed E-state index contributed by atoms with van der Waals surface area (Å²) in [5, 5.41) is 11.3. The monoisotopic (exact) mass is 509 g/mol. The number of carbonyl (C=O) groups excluding carboxylic acids is 2. The van der Waals surface area contributed by atoms with Crippen molar-refractivity contribution in [3.8, 4) is 5.75 Å². The quantitative estimate of drug-likeness (QED) is 0.235. The summed E-state index contributed by atoms with van der Waals surface area (Å²) in [6.07, 6.45) is -4.55. The Morgan fingerprint density at radius 1 is 1.00 bits per heavy atom. The molecule has 3 aromatic rings. The third kappa shape index (κ3) is 5.09. The second kappa shape index (κ2) is 10.1. The predicted octanol–water partition coefficient (Wildman–Crippen LogP) is 6.46. The Kier molecular flexibility index (Phi) is 7.12. The van der Waals surface area contributed by atoms with Crippen LogP contribution in [0.2, 0.25) is 0 Å². The number of hydrogen-bond acceptors (Lipinski definition) is 4. The molecule has 5 nitrogen and oxygen atoms in total. The van der Waals surface area contributed by atoms with Crippen molar-refractivity contribution >= 4 is 17.4 Å². The molecule has 0 radical (unpaired) electrons. The number of nitrogens with zero attached hydrogens (tertiary/aromatic N) is 1. The molecule has 0 aliphatic carbocycles. The lowest BCUT2D eigenvalue weighted by molar-refractivity contribution is -0.140.